The van der Waals surface area contributed by atoms with E-state index in [2.05, 4.69) is 5.32 Å². The molecule has 0 saturated carbocycles. The molecule has 0 aromatic heterocycles. The van der Waals surface area contributed by atoms with Crippen LogP contribution in [-0.2, 0) is 14.8 Å². The van der Waals surface area contributed by atoms with E-state index in [1.165, 1.54) is 19.2 Å². The van der Waals surface area contributed by atoms with Gasteiger partial charge in [0.05, 0.1) is 22.2 Å². The Labute approximate surface area is 151 Å². The highest BCUT2D eigenvalue weighted by atomic mass is 35.5. The van der Waals surface area contributed by atoms with E-state index in [4.69, 9.17) is 23.2 Å². The summed E-state index contributed by atoms with van der Waals surface area (Å²) in [6, 6.07) is 11.2. The van der Waals surface area contributed by atoms with E-state index in [0.29, 0.717) is 15.7 Å². The Bertz CT molecular complexity index is 869. The lowest BCUT2D eigenvalue weighted by Gasteiger charge is -2.17. The molecule has 0 fully saturated rings. The molecule has 0 heterocycles. The summed E-state index contributed by atoms with van der Waals surface area (Å²) in [6.45, 7) is 1.43. The van der Waals surface area contributed by atoms with Crippen LogP contribution in [0.25, 0.3) is 0 Å². The number of carbonyl (C=O) groups excluding carboxylic acids is 1. The van der Waals surface area contributed by atoms with E-state index >= 15 is 0 Å². The Morgan fingerprint density at radius 2 is 1.79 bits per heavy atom. The molecule has 8 heteroatoms. The van der Waals surface area contributed by atoms with Gasteiger partial charge in [-0.05, 0) is 36.8 Å². The second-order valence-corrected chi connectivity index (χ2v) is 8.06. The fourth-order valence-electron chi connectivity index (χ4n) is 1.95. The highest BCUT2D eigenvalue weighted by molar-refractivity contribution is 7.89. The van der Waals surface area contributed by atoms with Crippen molar-refractivity contribution in [1.29, 1.82) is 0 Å². The molecule has 5 nitrogen and oxygen atoms in total. The van der Waals surface area contributed by atoms with Crippen molar-refractivity contribution in [1.82, 2.24) is 4.31 Å². The highest BCUT2D eigenvalue weighted by Gasteiger charge is 2.23. The van der Waals surface area contributed by atoms with Crippen molar-refractivity contribution in [3.8, 4) is 0 Å². The molecule has 128 valence electrons. The Balaban J connectivity index is 2.13. The van der Waals surface area contributed by atoms with Crippen LogP contribution < -0.4 is 5.32 Å². The second-order valence-electron chi connectivity index (χ2n) is 5.20. The fourth-order valence-corrected chi connectivity index (χ4v) is 3.54. The molecule has 0 aliphatic heterocycles. The van der Waals surface area contributed by atoms with E-state index < -0.39 is 15.9 Å². The van der Waals surface area contributed by atoms with Crippen LogP contribution in [0.15, 0.2) is 47.4 Å². The van der Waals surface area contributed by atoms with E-state index in [1.807, 2.05) is 0 Å². The summed E-state index contributed by atoms with van der Waals surface area (Å²) in [4.78, 5) is 12.1. The Morgan fingerprint density at radius 1 is 1.12 bits per heavy atom. The normalized spacial score (nSPS) is 11.5. The molecule has 0 saturated heterocycles. The molecule has 2 rings (SSSR count). The van der Waals surface area contributed by atoms with Gasteiger partial charge in [0.1, 0.15) is 0 Å². The topological polar surface area (TPSA) is 66.5 Å². The number of likely N-dealkylation sites (N-methyl/N-ethyl adjacent to an activating group) is 1. The number of rotatable bonds is 5. The molecule has 2 aromatic carbocycles. The first-order valence-electron chi connectivity index (χ1n) is 6.98. The standard InChI is InChI=1S/C16H16Cl2N2O3S/c1-11-7-8-12(9-14(11)18)24(22,23)20(2)10-16(21)19-15-6-4-3-5-13(15)17/h3-9H,10H2,1-2H3,(H,19,21). The number of halogens is 2. The van der Waals surface area contributed by atoms with Crippen LogP contribution in [0, 0.1) is 6.92 Å². The molecule has 0 aliphatic carbocycles. The zero-order valence-electron chi connectivity index (χ0n) is 13.1. The zero-order chi connectivity index (χ0) is 17.9. The van der Waals surface area contributed by atoms with Gasteiger partial charge in [-0.25, -0.2) is 8.42 Å². The lowest BCUT2D eigenvalue weighted by molar-refractivity contribution is -0.116. The molecular formula is C16H16Cl2N2O3S. The largest absolute Gasteiger partial charge is 0.324 e. The Hall–Kier alpha value is -1.60. The number of carbonyl (C=O) groups is 1. The number of benzene rings is 2. The molecule has 0 radical (unpaired) electrons. The summed E-state index contributed by atoms with van der Waals surface area (Å²) >= 11 is 11.9. The van der Waals surface area contributed by atoms with Gasteiger partial charge in [-0.1, -0.05) is 41.4 Å². The van der Waals surface area contributed by atoms with E-state index in [1.54, 1.807) is 37.3 Å². The van der Waals surface area contributed by atoms with Crippen molar-refractivity contribution in [2.45, 2.75) is 11.8 Å². The molecule has 1 amide bonds. The third-order valence-electron chi connectivity index (χ3n) is 3.37. The van der Waals surface area contributed by atoms with Crippen molar-refractivity contribution in [2.75, 3.05) is 18.9 Å². The minimum atomic E-state index is -3.82. The summed E-state index contributed by atoms with van der Waals surface area (Å²) in [5.41, 5.74) is 1.20. The Morgan fingerprint density at radius 3 is 2.42 bits per heavy atom. The molecule has 0 unspecified atom stereocenters. The average molecular weight is 387 g/mol. The highest BCUT2D eigenvalue weighted by Crippen LogP contribution is 2.23. The van der Waals surface area contributed by atoms with Crippen molar-refractivity contribution < 1.29 is 13.2 Å². The molecule has 2 aromatic rings. The molecule has 0 bridgehead atoms. The van der Waals surface area contributed by atoms with Gasteiger partial charge in [0.25, 0.3) is 0 Å². The zero-order valence-corrected chi connectivity index (χ0v) is 15.4. The van der Waals surface area contributed by atoms with Crippen molar-refractivity contribution >= 4 is 44.8 Å². The van der Waals surface area contributed by atoms with Crippen molar-refractivity contribution in [3.05, 3.63) is 58.1 Å². The predicted octanol–water partition coefficient (Wildman–Crippen LogP) is 3.56. The first-order chi connectivity index (χ1) is 11.2. The molecule has 1 N–H and O–H groups in total. The van der Waals surface area contributed by atoms with Gasteiger partial charge in [-0.3, -0.25) is 4.79 Å². The van der Waals surface area contributed by atoms with E-state index in [0.717, 1.165) is 9.87 Å². The number of para-hydroxylation sites is 1. The minimum Gasteiger partial charge on any atom is -0.324 e. The molecule has 24 heavy (non-hydrogen) atoms. The number of nitrogens with one attached hydrogen (secondary N) is 1. The SMILES string of the molecule is Cc1ccc(S(=O)(=O)N(C)CC(=O)Nc2ccccc2Cl)cc1Cl. The quantitative estimate of drug-likeness (QED) is 0.853. The maximum Gasteiger partial charge on any atom is 0.243 e. The lowest BCUT2D eigenvalue weighted by atomic mass is 10.2. The van der Waals surface area contributed by atoms with Crippen LogP contribution in [0.1, 0.15) is 5.56 Å². The summed E-state index contributed by atoms with van der Waals surface area (Å²) < 4.78 is 26.0. The first-order valence-corrected chi connectivity index (χ1v) is 9.18. The third-order valence-corrected chi connectivity index (χ3v) is 5.90. The van der Waals surface area contributed by atoms with Crippen molar-refractivity contribution in [3.63, 3.8) is 0 Å². The number of hydrogen-bond donors (Lipinski definition) is 1. The smallest absolute Gasteiger partial charge is 0.243 e. The van der Waals surface area contributed by atoms with Crippen molar-refractivity contribution in [2.24, 2.45) is 0 Å². The van der Waals surface area contributed by atoms with Gasteiger partial charge >= 0.3 is 0 Å². The van der Waals surface area contributed by atoms with E-state index in [-0.39, 0.29) is 11.4 Å². The number of sulfonamides is 1. The summed E-state index contributed by atoms with van der Waals surface area (Å²) in [5.74, 6) is -0.493. The van der Waals surface area contributed by atoms with Gasteiger partial charge < -0.3 is 5.32 Å². The molecule has 0 aliphatic rings. The summed E-state index contributed by atoms with van der Waals surface area (Å²) in [5, 5.41) is 3.31. The maximum absolute atomic E-state index is 12.5. The molecule has 0 atom stereocenters. The summed E-state index contributed by atoms with van der Waals surface area (Å²) in [6.07, 6.45) is 0. The Kier molecular flexibility index (Phi) is 5.87. The van der Waals surface area contributed by atoms with E-state index in [9.17, 15) is 13.2 Å². The number of aryl methyl sites for hydroxylation is 1. The molecular weight excluding hydrogens is 371 g/mol. The minimum absolute atomic E-state index is 0.0335. The second kappa shape index (κ2) is 7.53. The third kappa shape index (κ3) is 4.27. The van der Waals surface area contributed by atoms with Gasteiger partial charge in [0.15, 0.2) is 0 Å². The maximum atomic E-state index is 12.5. The monoisotopic (exact) mass is 386 g/mol. The van der Waals surface area contributed by atoms with Crippen LogP contribution in [0.4, 0.5) is 5.69 Å². The van der Waals surface area contributed by atoms with Crippen LogP contribution in [0.5, 0.6) is 0 Å². The number of amides is 1. The number of anilines is 1. The number of nitrogens with zero attached hydrogens (tertiary/aromatic N) is 1. The van der Waals surface area contributed by atoms with Crippen LogP contribution in [0.3, 0.4) is 0 Å². The fraction of sp³-hybridized carbons (Fsp3) is 0.188. The average Bonchev–Trinajstić information content (AvgIpc) is 2.52. The van der Waals surface area contributed by atoms with Crippen LogP contribution in [-0.4, -0.2) is 32.2 Å². The van der Waals surface area contributed by atoms with Gasteiger partial charge in [-0.15, -0.1) is 0 Å². The van der Waals surface area contributed by atoms with Crippen LogP contribution in [0.2, 0.25) is 10.0 Å². The predicted molar refractivity (Wildman–Crippen MR) is 96.1 cm³/mol. The number of hydrogen-bond acceptors (Lipinski definition) is 3. The summed E-state index contributed by atoms with van der Waals surface area (Å²) in [7, 11) is -2.49. The van der Waals surface area contributed by atoms with Gasteiger partial charge in [0.2, 0.25) is 15.9 Å². The van der Waals surface area contributed by atoms with Crippen LogP contribution >= 0.6 is 23.2 Å². The molecule has 0 spiro atoms. The first kappa shape index (κ1) is 18.7. The lowest BCUT2D eigenvalue weighted by Crippen LogP contribution is -2.35. The van der Waals surface area contributed by atoms with Gasteiger partial charge in [-0.2, -0.15) is 4.31 Å². The van der Waals surface area contributed by atoms with Gasteiger partial charge in [0, 0.05) is 12.1 Å².